The van der Waals surface area contributed by atoms with Gasteiger partial charge in [0.25, 0.3) is 0 Å². The zero-order valence-electron chi connectivity index (χ0n) is 19.2. The van der Waals surface area contributed by atoms with E-state index in [2.05, 4.69) is 0 Å². The summed E-state index contributed by atoms with van der Waals surface area (Å²) >= 11 is 0. The molecule has 1 saturated heterocycles. The van der Waals surface area contributed by atoms with Gasteiger partial charge in [-0.2, -0.15) is 0 Å². The van der Waals surface area contributed by atoms with Crippen molar-refractivity contribution < 1.29 is 48.5 Å². The maximum absolute atomic E-state index is 13.3. The summed E-state index contributed by atoms with van der Waals surface area (Å²) in [5.74, 6) is 0.923. The van der Waals surface area contributed by atoms with Gasteiger partial charge in [-0.25, -0.2) is 0 Å². The van der Waals surface area contributed by atoms with Crippen LogP contribution in [0.1, 0.15) is 0 Å². The fourth-order valence-corrected chi connectivity index (χ4v) is 3.88. The monoisotopic (exact) mass is 490 g/mol. The maximum atomic E-state index is 13.3. The van der Waals surface area contributed by atoms with Gasteiger partial charge in [0.15, 0.2) is 16.9 Å². The number of fused-ring (bicyclic) bond motifs is 1. The minimum absolute atomic E-state index is 0.0152. The van der Waals surface area contributed by atoms with Crippen LogP contribution < -0.4 is 24.4 Å². The first-order valence-electron chi connectivity index (χ1n) is 10.7. The smallest absolute Gasteiger partial charge is 0.229 e. The molecule has 2 aromatic carbocycles. The van der Waals surface area contributed by atoms with Crippen molar-refractivity contribution in [3.05, 3.63) is 46.6 Å². The molecule has 4 N–H and O–H groups in total. The summed E-state index contributed by atoms with van der Waals surface area (Å²) in [5, 5.41) is 40.0. The third-order valence-corrected chi connectivity index (χ3v) is 5.78. The van der Waals surface area contributed by atoms with Crippen molar-refractivity contribution in [2.45, 2.75) is 30.7 Å². The molecule has 0 radical (unpaired) electrons. The highest BCUT2D eigenvalue weighted by atomic mass is 16.7. The average molecular weight is 490 g/mol. The molecule has 5 atom stereocenters. The Balaban J connectivity index is 1.84. The largest absolute Gasteiger partial charge is 0.497 e. The Morgan fingerprint density at radius 2 is 1.60 bits per heavy atom. The van der Waals surface area contributed by atoms with E-state index in [4.69, 9.17) is 28.1 Å². The van der Waals surface area contributed by atoms with Crippen LogP contribution in [0.5, 0.6) is 23.0 Å². The number of ether oxygens (including phenoxy) is 5. The summed E-state index contributed by atoms with van der Waals surface area (Å²) in [6.07, 6.45) is -7.72. The van der Waals surface area contributed by atoms with Crippen molar-refractivity contribution in [3.8, 4) is 34.3 Å². The Morgan fingerprint density at radius 3 is 2.20 bits per heavy atom. The van der Waals surface area contributed by atoms with Gasteiger partial charge >= 0.3 is 0 Å². The molecule has 0 spiro atoms. The minimum atomic E-state index is -1.70. The molecule has 1 aliphatic heterocycles. The molecule has 2 heterocycles. The van der Waals surface area contributed by atoms with E-state index in [0.29, 0.717) is 11.3 Å². The fraction of sp³-hybridized carbons (Fsp3) is 0.375. The fourth-order valence-electron chi connectivity index (χ4n) is 3.88. The second kappa shape index (κ2) is 10.1. The number of hydrogen-bond acceptors (Lipinski definition) is 11. The Morgan fingerprint density at radius 1 is 0.886 bits per heavy atom. The number of rotatable bonds is 7. The van der Waals surface area contributed by atoms with Gasteiger partial charge in [0.2, 0.25) is 12.0 Å². The highest BCUT2D eigenvalue weighted by Gasteiger charge is 2.45. The molecule has 188 valence electrons. The van der Waals surface area contributed by atoms with E-state index in [0.717, 1.165) is 0 Å². The molecule has 11 heteroatoms. The predicted octanol–water partition coefficient (Wildman–Crippen LogP) is 0.664. The second-order valence-corrected chi connectivity index (χ2v) is 7.83. The van der Waals surface area contributed by atoms with Crippen LogP contribution in [0.2, 0.25) is 0 Å². The van der Waals surface area contributed by atoms with Crippen molar-refractivity contribution in [2.24, 2.45) is 0 Å². The molecule has 1 fully saturated rings. The van der Waals surface area contributed by atoms with Gasteiger partial charge < -0.3 is 48.5 Å². The van der Waals surface area contributed by atoms with Gasteiger partial charge in [0, 0.05) is 17.7 Å². The lowest BCUT2D eigenvalue weighted by Gasteiger charge is -2.39. The van der Waals surface area contributed by atoms with Crippen LogP contribution in [0.25, 0.3) is 22.3 Å². The van der Waals surface area contributed by atoms with Gasteiger partial charge in [0.05, 0.1) is 27.9 Å². The highest BCUT2D eigenvalue weighted by Crippen LogP contribution is 2.44. The molecule has 3 aromatic rings. The van der Waals surface area contributed by atoms with Gasteiger partial charge in [-0.05, 0) is 24.3 Å². The zero-order chi connectivity index (χ0) is 25.3. The molecule has 0 aliphatic carbocycles. The molecular weight excluding hydrogens is 464 g/mol. The van der Waals surface area contributed by atoms with Crippen LogP contribution in [0.3, 0.4) is 0 Å². The lowest BCUT2D eigenvalue weighted by Crippen LogP contribution is -2.60. The lowest BCUT2D eigenvalue weighted by molar-refractivity contribution is -0.277. The van der Waals surface area contributed by atoms with E-state index in [1.165, 1.54) is 26.4 Å². The van der Waals surface area contributed by atoms with Gasteiger partial charge in [-0.1, -0.05) is 0 Å². The standard InChI is InChI=1S/C24H26O11/c1-30-12-6-4-11(5-7-12)14-8-13(26)18-15(33-14)9-16(31-2)22(32-3)23(18)35-24-21(29)20(28)19(27)17(10-25)34-24/h4-9,17,19-21,24-25,27-29H,10H2,1-3H3/t17-,19-,20+,21-,24+/m1/s1. The molecule has 4 rings (SSSR count). The Labute approximate surface area is 199 Å². The summed E-state index contributed by atoms with van der Waals surface area (Å²) in [6.45, 7) is -0.645. The van der Waals surface area contributed by atoms with Crippen LogP contribution in [-0.4, -0.2) is 79.1 Å². The highest BCUT2D eigenvalue weighted by molar-refractivity contribution is 5.90. The number of benzene rings is 2. The van der Waals surface area contributed by atoms with Crippen molar-refractivity contribution in [1.29, 1.82) is 0 Å². The molecular formula is C24H26O11. The van der Waals surface area contributed by atoms with Gasteiger partial charge in [0.1, 0.15) is 46.9 Å². The van der Waals surface area contributed by atoms with E-state index >= 15 is 0 Å². The summed E-state index contributed by atoms with van der Waals surface area (Å²) in [4.78, 5) is 13.3. The molecule has 0 saturated carbocycles. The van der Waals surface area contributed by atoms with Crippen LogP contribution in [-0.2, 0) is 4.74 Å². The van der Waals surface area contributed by atoms with E-state index in [9.17, 15) is 25.2 Å². The van der Waals surface area contributed by atoms with E-state index in [1.54, 1.807) is 31.4 Å². The Bertz CT molecular complexity index is 1230. The summed E-state index contributed by atoms with van der Waals surface area (Å²) in [7, 11) is 4.26. The minimum Gasteiger partial charge on any atom is -0.497 e. The molecule has 1 aromatic heterocycles. The lowest BCUT2D eigenvalue weighted by atomic mass is 9.99. The first-order chi connectivity index (χ1) is 16.8. The summed E-state index contributed by atoms with van der Waals surface area (Å²) < 4.78 is 33.2. The van der Waals surface area contributed by atoms with Crippen molar-refractivity contribution >= 4 is 11.0 Å². The second-order valence-electron chi connectivity index (χ2n) is 7.83. The first kappa shape index (κ1) is 24.8. The number of methoxy groups -OCH3 is 3. The Kier molecular flexibility index (Phi) is 7.15. The maximum Gasteiger partial charge on any atom is 0.229 e. The van der Waals surface area contributed by atoms with Crippen LogP contribution in [0.15, 0.2) is 45.6 Å². The number of aliphatic hydroxyl groups excluding tert-OH is 4. The first-order valence-corrected chi connectivity index (χ1v) is 10.7. The van der Waals surface area contributed by atoms with E-state index < -0.39 is 42.7 Å². The average Bonchev–Trinajstić information content (AvgIpc) is 2.88. The van der Waals surface area contributed by atoms with Crippen molar-refractivity contribution in [1.82, 2.24) is 0 Å². The van der Waals surface area contributed by atoms with Gasteiger partial charge in [-0.15, -0.1) is 0 Å². The molecule has 0 unspecified atom stereocenters. The normalized spacial score (nSPS) is 24.3. The Hall–Kier alpha value is -3.35. The quantitative estimate of drug-likeness (QED) is 0.369. The van der Waals surface area contributed by atoms with Crippen LogP contribution >= 0.6 is 0 Å². The topological polar surface area (TPSA) is 157 Å². The van der Waals surface area contributed by atoms with Crippen molar-refractivity contribution in [3.63, 3.8) is 0 Å². The third kappa shape index (κ3) is 4.51. The number of aliphatic hydroxyl groups is 4. The molecule has 0 bridgehead atoms. The van der Waals surface area contributed by atoms with Gasteiger partial charge in [-0.3, -0.25) is 4.79 Å². The van der Waals surface area contributed by atoms with Crippen molar-refractivity contribution in [2.75, 3.05) is 27.9 Å². The third-order valence-electron chi connectivity index (χ3n) is 5.78. The molecule has 35 heavy (non-hydrogen) atoms. The van der Waals surface area contributed by atoms with Crippen LogP contribution in [0.4, 0.5) is 0 Å². The molecule has 1 aliphatic rings. The predicted molar refractivity (Wildman–Crippen MR) is 122 cm³/mol. The zero-order valence-corrected chi connectivity index (χ0v) is 19.2. The summed E-state index contributed by atoms with van der Waals surface area (Å²) in [5.41, 5.74) is 0.231. The molecule has 11 nitrogen and oxygen atoms in total. The van der Waals surface area contributed by atoms with E-state index in [1.807, 2.05) is 0 Å². The number of hydrogen-bond donors (Lipinski definition) is 4. The SMILES string of the molecule is COc1ccc(-c2cc(=O)c3c(O[C@@H]4O[C@H](CO)[C@@H](O)[C@H](O)[C@H]4O)c(OC)c(OC)cc3o2)cc1. The molecule has 0 amide bonds. The summed E-state index contributed by atoms with van der Waals surface area (Å²) in [6, 6.07) is 9.65. The van der Waals surface area contributed by atoms with E-state index in [-0.39, 0.29) is 34.0 Å². The van der Waals surface area contributed by atoms with Crippen LogP contribution in [0, 0.1) is 0 Å².